The number of rotatable bonds is 11. The summed E-state index contributed by atoms with van der Waals surface area (Å²) in [5, 5.41) is 16.4. The number of alkyl halides is 2. The van der Waals surface area contributed by atoms with Crippen molar-refractivity contribution in [3.05, 3.63) is 36.7 Å². The molecule has 2 aromatic heterocycles. The first-order valence-electron chi connectivity index (χ1n) is 12.2. The maximum absolute atomic E-state index is 13.8. The van der Waals surface area contributed by atoms with Crippen molar-refractivity contribution in [3.63, 3.8) is 0 Å². The largest absolute Gasteiger partial charge is 0.462 e. The number of aliphatic hydroxyl groups excluding tert-OH is 1. The quantitative estimate of drug-likeness (QED) is 0.140. The van der Waals surface area contributed by atoms with Gasteiger partial charge in [-0.15, -0.1) is 0 Å². The lowest BCUT2D eigenvalue weighted by molar-refractivity contribution is -0.149. The summed E-state index contributed by atoms with van der Waals surface area (Å²) < 4.78 is 35.7. The van der Waals surface area contributed by atoms with E-state index in [1.54, 1.807) is 51.2 Å². The normalized spacial score (nSPS) is 22.6. The zero-order chi connectivity index (χ0) is 29.2. The Balaban J connectivity index is 1.56. The molecule has 218 valence electrons. The van der Waals surface area contributed by atoms with E-state index in [-0.39, 0.29) is 17.3 Å². The molecular formula is C23H30Cl2N7O7P. The highest BCUT2D eigenvalue weighted by Crippen LogP contribution is 2.50. The fraction of sp³-hybridized carbons (Fsp3) is 0.478. The van der Waals surface area contributed by atoms with Crippen LogP contribution in [0.2, 0.25) is 0 Å². The number of aliphatic hydroxyl groups is 1. The van der Waals surface area contributed by atoms with Crippen LogP contribution in [0.5, 0.6) is 5.75 Å². The third kappa shape index (κ3) is 6.44. The molecule has 3 heterocycles. The standard InChI is InChI=1S/C23H30Cl2N7O7P/c1-12(2)37-20(34)13(3)31-40(35,39-14-8-6-5-7-9-14)36-10-15-17(33)23(24,25)21(38-15)32-11-28-16-18(27-4)29-22(26)30-19(16)32/h5-9,11-13,15,17,21,33H,10H2,1-4H3,(H,31,35)(H3,26,27,29,30)/t13-,15-,17-,21-,40-/m1/s1. The highest BCUT2D eigenvalue weighted by molar-refractivity contribution is 7.52. The minimum atomic E-state index is -4.24. The van der Waals surface area contributed by atoms with Crippen molar-refractivity contribution < 1.29 is 33.0 Å². The summed E-state index contributed by atoms with van der Waals surface area (Å²) in [5.41, 5.74) is 6.45. The van der Waals surface area contributed by atoms with Crippen LogP contribution in [0.3, 0.4) is 0 Å². The van der Waals surface area contributed by atoms with E-state index in [1.165, 1.54) is 17.8 Å². The summed E-state index contributed by atoms with van der Waals surface area (Å²) in [6.45, 7) is 4.33. The van der Waals surface area contributed by atoms with Crippen molar-refractivity contribution in [2.45, 2.75) is 55.7 Å². The number of fused-ring (bicyclic) bond motifs is 1. The van der Waals surface area contributed by atoms with Gasteiger partial charge in [0, 0.05) is 7.05 Å². The number of ether oxygens (including phenoxy) is 2. The average Bonchev–Trinajstić information content (AvgIpc) is 3.40. The summed E-state index contributed by atoms with van der Waals surface area (Å²) in [6.07, 6.45) is -2.93. The fourth-order valence-electron chi connectivity index (χ4n) is 3.89. The number of imidazole rings is 1. The SMILES string of the molecule is CNc1nc(N)nc2c1ncn2[C@@H]1O[C@H](CO[P@](=O)(N[C@H](C)C(=O)OC(C)C)Oc2ccccc2)[C@@H](O)C1(Cl)Cl. The number of benzene rings is 1. The van der Waals surface area contributed by atoms with Gasteiger partial charge in [-0.3, -0.25) is 13.9 Å². The molecule has 0 unspecified atom stereocenters. The summed E-state index contributed by atoms with van der Waals surface area (Å²) in [5.74, 6) is -0.131. The van der Waals surface area contributed by atoms with Gasteiger partial charge in [0.1, 0.15) is 24.0 Å². The Kier molecular flexibility index (Phi) is 9.10. The number of nitrogens with one attached hydrogen (secondary N) is 2. The molecule has 40 heavy (non-hydrogen) atoms. The molecular weight excluding hydrogens is 588 g/mol. The topological polar surface area (TPSA) is 185 Å². The Morgan fingerprint density at radius 3 is 2.62 bits per heavy atom. The number of nitrogens with zero attached hydrogens (tertiary/aromatic N) is 4. The van der Waals surface area contributed by atoms with Crippen LogP contribution in [0, 0.1) is 0 Å². The average molecular weight is 618 g/mol. The Morgan fingerprint density at radius 2 is 1.98 bits per heavy atom. The molecule has 1 aromatic carbocycles. The van der Waals surface area contributed by atoms with E-state index in [9.17, 15) is 14.5 Å². The molecule has 0 amide bonds. The van der Waals surface area contributed by atoms with Crippen molar-refractivity contribution >= 4 is 59.8 Å². The highest BCUT2D eigenvalue weighted by atomic mass is 35.5. The molecule has 1 aliphatic rings. The summed E-state index contributed by atoms with van der Waals surface area (Å²) >= 11 is 13.1. The van der Waals surface area contributed by atoms with Crippen LogP contribution in [0.15, 0.2) is 36.7 Å². The lowest BCUT2D eigenvalue weighted by Crippen LogP contribution is -2.39. The summed E-state index contributed by atoms with van der Waals surface area (Å²) in [6, 6.07) is 7.14. The maximum atomic E-state index is 13.8. The van der Waals surface area contributed by atoms with Crippen molar-refractivity contribution in [2.75, 3.05) is 24.7 Å². The first-order chi connectivity index (χ1) is 18.8. The third-order valence-corrected chi connectivity index (χ3v) is 8.21. The second-order valence-electron chi connectivity index (χ2n) is 9.18. The molecule has 1 fully saturated rings. The number of hydrogen-bond acceptors (Lipinski definition) is 12. The van der Waals surface area contributed by atoms with E-state index < -0.39 is 55.2 Å². The van der Waals surface area contributed by atoms with Crippen LogP contribution in [0.4, 0.5) is 11.8 Å². The van der Waals surface area contributed by atoms with E-state index in [4.69, 9.17) is 47.5 Å². The lowest BCUT2D eigenvalue weighted by atomic mass is 10.2. The van der Waals surface area contributed by atoms with Gasteiger partial charge < -0.3 is 30.2 Å². The summed E-state index contributed by atoms with van der Waals surface area (Å²) in [7, 11) is -2.60. The Hall–Kier alpha value is -2.71. The van der Waals surface area contributed by atoms with Crippen LogP contribution < -0.4 is 20.7 Å². The van der Waals surface area contributed by atoms with E-state index in [0.29, 0.717) is 11.3 Å². The van der Waals surface area contributed by atoms with Crippen LogP contribution >= 0.6 is 30.9 Å². The number of esters is 1. The molecule has 5 atom stereocenters. The molecule has 0 spiro atoms. The highest BCUT2D eigenvalue weighted by Gasteiger charge is 2.56. The van der Waals surface area contributed by atoms with Gasteiger partial charge >= 0.3 is 13.7 Å². The van der Waals surface area contributed by atoms with Crippen molar-refractivity contribution in [2.24, 2.45) is 0 Å². The van der Waals surface area contributed by atoms with Gasteiger partial charge in [-0.2, -0.15) is 15.1 Å². The molecule has 5 N–H and O–H groups in total. The van der Waals surface area contributed by atoms with Gasteiger partial charge in [0.15, 0.2) is 27.5 Å². The first kappa shape index (κ1) is 30.3. The minimum absolute atomic E-state index is 0.0399. The molecule has 0 radical (unpaired) electrons. The van der Waals surface area contributed by atoms with Gasteiger partial charge in [0.2, 0.25) is 5.95 Å². The maximum Gasteiger partial charge on any atom is 0.459 e. The van der Waals surface area contributed by atoms with E-state index >= 15 is 0 Å². The molecule has 17 heteroatoms. The van der Waals surface area contributed by atoms with Gasteiger partial charge in [0.25, 0.3) is 0 Å². The second kappa shape index (κ2) is 12.0. The van der Waals surface area contributed by atoms with Gasteiger partial charge in [-0.05, 0) is 32.9 Å². The number of carbonyl (C=O) groups is 1. The molecule has 0 aliphatic carbocycles. The smallest absolute Gasteiger partial charge is 0.459 e. The zero-order valence-electron chi connectivity index (χ0n) is 22.0. The van der Waals surface area contributed by atoms with Crippen molar-refractivity contribution in [1.82, 2.24) is 24.6 Å². The van der Waals surface area contributed by atoms with Crippen molar-refractivity contribution in [3.8, 4) is 5.75 Å². The van der Waals surface area contributed by atoms with E-state index in [0.717, 1.165) is 0 Å². The van der Waals surface area contributed by atoms with Crippen molar-refractivity contribution in [1.29, 1.82) is 0 Å². The number of anilines is 2. The fourth-order valence-corrected chi connectivity index (χ4v) is 5.99. The van der Waals surface area contributed by atoms with Gasteiger partial charge in [0.05, 0.1) is 19.0 Å². The number of nitrogen functional groups attached to an aromatic ring is 1. The summed E-state index contributed by atoms with van der Waals surface area (Å²) in [4.78, 5) is 25.0. The predicted molar refractivity (Wildman–Crippen MR) is 148 cm³/mol. The predicted octanol–water partition coefficient (Wildman–Crippen LogP) is 3.02. The zero-order valence-corrected chi connectivity index (χ0v) is 24.4. The third-order valence-electron chi connectivity index (χ3n) is 5.74. The van der Waals surface area contributed by atoms with Crippen LogP contribution in [-0.2, 0) is 23.4 Å². The number of hydrogen-bond donors (Lipinski definition) is 4. The molecule has 14 nitrogen and oxygen atoms in total. The monoisotopic (exact) mass is 617 g/mol. The molecule has 0 bridgehead atoms. The number of para-hydroxylation sites is 1. The van der Waals surface area contributed by atoms with Gasteiger partial charge in [-0.1, -0.05) is 41.4 Å². The number of aromatic nitrogens is 4. The number of nitrogens with two attached hydrogens (primary N) is 1. The Labute approximate surface area is 240 Å². The molecule has 1 aliphatic heterocycles. The molecule has 0 saturated carbocycles. The van der Waals surface area contributed by atoms with E-state index in [1.807, 2.05) is 0 Å². The Morgan fingerprint density at radius 1 is 1.27 bits per heavy atom. The Bertz CT molecular complexity index is 1390. The second-order valence-corrected chi connectivity index (χ2v) is 12.3. The van der Waals surface area contributed by atoms with Crippen LogP contribution in [0.1, 0.15) is 27.0 Å². The molecule has 1 saturated heterocycles. The number of halogens is 2. The van der Waals surface area contributed by atoms with Gasteiger partial charge in [-0.25, -0.2) is 9.55 Å². The van der Waals surface area contributed by atoms with E-state index in [2.05, 4.69) is 25.4 Å². The van der Waals surface area contributed by atoms with Crippen LogP contribution in [0.25, 0.3) is 11.2 Å². The van der Waals surface area contributed by atoms with Crippen LogP contribution in [-0.4, -0.2) is 72.9 Å². The molecule has 3 aromatic rings. The number of carbonyl (C=O) groups excluding carboxylic acids is 1. The molecule has 4 rings (SSSR count). The minimum Gasteiger partial charge on any atom is -0.462 e. The lowest BCUT2D eigenvalue weighted by Gasteiger charge is -2.25. The first-order valence-corrected chi connectivity index (χ1v) is 14.5.